The zero-order chi connectivity index (χ0) is 21.3. The Kier molecular flexibility index (Phi) is 9.96. The van der Waals surface area contributed by atoms with Gasteiger partial charge in [-0.15, -0.1) is 0 Å². The van der Waals surface area contributed by atoms with Crippen molar-refractivity contribution in [3.63, 3.8) is 0 Å². The number of aliphatic carboxylic acids is 1. The van der Waals surface area contributed by atoms with Gasteiger partial charge in [-0.1, -0.05) is 13.8 Å². The first-order valence-corrected chi connectivity index (χ1v) is 8.19. The van der Waals surface area contributed by atoms with E-state index in [1.54, 1.807) is 13.8 Å². The minimum atomic E-state index is -1.53. The molecule has 0 aliphatic carbocycles. The van der Waals surface area contributed by atoms with Gasteiger partial charge in [-0.3, -0.25) is 19.2 Å². The number of hydrogen-bond acceptors (Lipinski definition) is 7. The molecule has 0 rings (SSSR count). The molecular formula is C15H27N5O7. The number of carbonyl (C=O) groups is 5. The number of nitrogens with two attached hydrogens (primary N) is 2. The Morgan fingerprint density at radius 3 is 1.89 bits per heavy atom. The van der Waals surface area contributed by atoms with Crippen molar-refractivity contribution in [3.8, 4) is 0 Å². The van der Waals surface area contributed by atoms with Gasteiger partial charge in [0.2, 0.25) is 23.6 Å². The van der Waals surface area contributed by atoms with Gasteiger partial charge in [-0.25, -0.2) is 4.79 Å². The quantitative estimate of drug-likeness (QED) is 0.187. The maximum Gasteiger partial charge on any atom is 0.326 e. The highest BCUT2D eigenvalue weighted by atomic mass is 16.4. The number of aliphatic hydroxyl groups excluding tert-OH is 1. The van der Waals surface area contributed by atoms with Gasteiger partial charge in [0.1, 0.15) is 24.2 Å². The molecule has 154 valence electrons. The second-order valence-corrected chi connectivity index (χ2v) is 6.32. The lowest BCUT2D eigenvalue weighted by Crippen LogP contribution is -2.58. The number of primary amides is 1. The zero-order valence-corrected chi connectivity index (χ0v) is 15.4. The summed E-state index contributed by atoms with van der Waals surface area (Å²) in [4.78, 5) is 58.1. The molecule has 0 radical (unpaired) electrons. The van der Waals surface area contributed by atoms with E-state index in [1.165, 1.54) is 6.92 Å². The number of hydrogen-bond donors (Lipinski definition) is 7. The van der Waals surface area contributed by atoms with Crippen LogP contribution in [0.3, 0.4) is 0 Å². The molecule has 4 unspecified atom stereocenters. The number of aliphatic hydroxyl groups is 1. The van der Waals surface area contributed by atoms with Crippen LogP contribution in [0.5, 0.6) is 0 Å². The van der Waals surface area contributed by atoms with Crippen LogP contribution in [0.25, 0.3) is 0 Å². The van der Waals surface area contributed by atoms with Gasteiger partial charge in [0.25, 0.3) is 0 Å². The van der Waals surface area contributed by atoms with Crippen LogP contribution in [0, 0.1) is 5.92 Å². The van der Waals surface area contributed by atoms with Crippen molar-refractivity contribution in [2.24, 2.45) is 17.4 Å². The Balaban J connectivity index is 4.96. The van der Waals surface area contributed by atoms with Crippen molar-refractivity contribution >= 4 is 29.6 Å². The fourth-order valence-electron chi connectivity index (χ4n) is 1.94. The fraction of sp³-hybridized carbons (Fsp3) is 0.667. The second-order valence-electron chi connectivity index (χ2n) is 6.32. The summed E-state index contributed by atoms with van der Waals surface area (Å²) in [5, 5.41) is 24.7. The monoisotopic (exact) mass is 389 g/mol. The second kappa shape index (κ2) is 11.1. The Bertz CT molecular complexity index is 581. The highest BCUT2D eigenvalue weighted by molar-refractivity contribution is 5.94. The molecule has 0 aromatic carbocycles. The van der Waals surface area contributed by atoms with E-state index in [4.69, 9.17) is 21.7 Å². The van der Waals surface area contributed by atoms with Crippen LogP contribution in [0.15, 0.2) is 0 Å². The van der Waals surface area contributed by atoms with Crippen molar-refractivity contribution < 1.29 is 34.2 Å². The third-order valence-corrected chi connectivity index (χ3v) is 3.55. The summed E-state index contributed by atoms with van der Waals surface area (Å²) in [5.74, 6) is -5.02. The maximum absolute atomic E-state index is 12.3. The predicted molar refractivity (Wildman–Crippen MR) is 92.8 cm³/mol. The standard InChI is InChI=1S/C15H27N5O7/c1-6(2)11(20-13(24)8(16)5-21)14(25)18-7(3)12(23)19-9(15(26)27)4-10(17)22/h6-9,11,21H,4-5,16H2,1-3H3,(H2,17,22)(H,18,25)(H,19,23)(H,20,24)(H,26,27). The molecule has 27 heavy (non-hydrogen) atoms. The Morgan fingerprint density at radius 2 is 1.48 bits per heavy atom. The molecule has 12 heteroatoms. The van der Waals surface area contributed by atoms with E-state index in [0.717, 1.165) is 0 Å². The number of carboxylic acid groups (broad SMARTS) is 1. The van der Waals surface area contributed by atoms with E-state index in [2.05, 4.69) is 16.0 Å². The summed E-state index contributed by atoms with van der Waals surface area (Å²) in [6.07, 6.45) is -0.606. The Morgan fingerprint density at radius 1 is 0.926 bits per heavy atom. The van der Waals surface area contributed by atoms with Crippen LogP contribution < -0.4 is 27.4 Å². The van der Waals surface area contributed by atoms with E-state index in [-0.39, 0.29) is 5.92 Å². The highest BCUT2D eigenvalue weighted by Gasteiger charge is 2.30. The third-order valence-electron chi connectivity index (χ3n) is 3.55. The first kappa shape index (κ1) is 24.3. The molecule has 0 saturated heterocycles. The van der Waals surface area contributed by atoms with Gasteiger partial charge in [0, 0.05) is 0 Å². The fourth-order valence-corrected chi connectivity index (χ4v) is 1.94. The van der Waals surface area contributed by atoms with Gasteiger partial charge >= 0.3 is 5.97 Å². The first-order valence-electron chi connectivity index (χ1n) is 8.19. The normalized spacial score (nSPS) is 15.2. The molecule has 4 amide bonds. The lowest BCUT2D eigenvalue weighted by molar-refractivity contribution is -0.143. The van der Waals surface area contributed by atoms with Gasteiger partial charge in [0.05, 0.1) is 13.0 Å². The Hall–Kier alpha value is -2.73. The molecule has 0 bridgehead atoms. The summed E-state index contributed by atoms with van der Waals surface area (Å²) >= 11 is 0. The first-order chi connectivity index (χ1) is 12.4. The molecule has 0 aliphatic rings. The number of nitrogens with one attached hydrogen (secondary N) is 3. The number of amides is 4. The van der Waals surface area contributed by atoms with E-state index in [9.17, 15) is 24.0 Å². The van der Waals surface area contributed by atoms with Crippen LogP contribution in [-0.2, 0) is 24.0 Å². The van der Waals surface area contributed by atoms with E-state index in [0.29, 0.717) is 0 Å². The minimum absolute atomic E-state index is 0.364. The van der Waals surface area contributed by atoms with Crippen LogP contribution in [0.4, 0.5) is 0 Å². The topological polar surface area (TPSA) is 214 Å². The summed E-state index contributed by atoms with van der Waals surface area (Å²) in [7, 11) is 0. The van der Waals surface area contributed by atoms with Crippen molar-refractivity contribution in [1.82, 2.24) is 16.0 Å². The van der Waals surface area contributed by atoms with Crippen LogP contribution >= 0.6 is 0 Å². The van der Waals surface area contributed by atoms with Gasteiger partial charge in [-0.2, -0.15) is 0 Å². The smallest absolute Gasteiger partial charge is 0.326 e. The summed E-state index contributed by atoms with van der Waals surface area (Å²) < 4.78 is 0. The average molecular weight is 389 g/mol. The number of rotatable bonds is 11. The minimum Gasteiger partial charge on any atom is -0.480 e. The molecule has 0 saturated carbocycles. The third kappa shape index (κ3) is 8.46. The maximum atomic E-state index is 12.3. The van der Waals surface area contributed by atoms with Crippen molar-refractivity contribution in [3.05, 3.63) is 0 Å². The van der Waals surface area contributed by atoms with Gasteiger partial charge in [-0.05, 0) is 12.8 Å². The molecule has 0 aromatic heterocycles. The summed E-state index contributed by atoms with van der Waals surface area (Å²) in [6.45, 7) is 3.99. The highest BCUT2D eigenvalue weighted by Crippen LogP contribution is 2.03. The SMILES string of the molecule is CC(NC(=O)C(NC(=O)C(N)CO)C(C)C)C(=O)NC(CC(N)=O)C(=O)O. The molecule has 0 aromatic rings. The van der Waals surface area contributed by atoms with E-state index in [1.807, 2.05) is 0 Å². The van der Waals surface area contributed by atoms with Crippen molar-refractivity contribution in [2.75, 3.05) is 6.61 Å². The molecule has 0 heterocycles. The largest absolute Gasteiger partial charge is 0.480 e. The van der Waals surface area contributed by atoms with Crippen LogP contribution in [0.2, 0.25) is 0 Å². The molecule has 0 fully saturated rings. The summed E-state index contributed by atoms with van der Waals surface area (Å²) in [6, 6.07) is -4.93. The molecular weight excluding hydrogens is 362 g/mol. The molecule has 0 aliphatic heterocycles. The lowest BCUT2D eigenvalue weighted by atomic mass is 10.0. The van der Waals surface area contributed by atoms with Crippen molar-refractivity contribution in [2.45, 2.75) is 51.4 Å². The van der Waals surface area contributed by atoms with E-state index < -0.39 is 66.8 Å². The average Bonchev–Trinajstić information content (AvgIpc) is 2.56. The van der Waals surface area contributed by atoms with E-state index >= 15 is 0 Å². The predicted octanol–water partition coefficient (Wildman–Crippen LogP) is -3.60. The van der Waals surface area contributed by atoms with Crippen LogP contribution in [0.1, 0.15) is 27.2 Å². The molecule has 9 N–H and O–H groups in total. The molecule has 0 spiro atoms. The Labute approximate surface area is 156 Å². The van der Waals surface area contributed by atoms with Crippen LogP contribution in [-0.4, -0.2) is 70.6 Å². The van der Waals surface area contributed by atoms with Gasteiger partial charge in [0.15, 0.2) is 0 Å². The van der Waals surface area contributed by atoms with Gasteiger partial charge < -0.3 is 37.6 Å². The summed E-state index contributed by atoms with van der Waals surface area (Å²) in [5.41, 5.74) is 10.3. The number of carbonyl (C=O) groups excluding carboxylic acids is 4. The lowest BCUT2D eigenvalue weighted by Gasteiger charge is -2.25. The van der Waals surface area contributed by atoms with Crippen molar-refractivity contribution in [1.29, 1.82) is 0 Å². The molecule has 12 nitrogen and oxygen atoms in total. The molecule has 4 atom stereocenters. The zero-order valence-electron chi connectivity index (χ0n) is 15.4. The number of carboxylic acids is 1.